The van der Waals surface area contributed by atoms with Gasteiger partial charge in [0.05, 0.1) is 11.3 Å². The van der Waals surface area contributed by atoms with Gasteiger partial charge in [-0.1, -0.05) is 12.1 Å². The molecule has 3 aromatic heterocycles. The summed E-state index contributed by atoms with van der Waals surface area (Å²) in [5, 5.41) is 5.21. The molecule has 4 aromatic rings. The van der Waals surface area contributed by atoms with E-state index in [1.54, 1.807) is 42.7 Å². The molecular formula is C21H16FN3O2S. The summed E-state index contributed by atoms with van der Waals surface area (Å²) >= 11 is 1.36. The van der Waals surface area contributed by atoms with E-state index in [1.165, 1.54) is 17.4 Å². The van der Waals surface area contributed by atoms with Crippen molar-refractivity contribution in [3.8, 4) is 22.6 Å². The number of halogens is 1. The van der Waals surface area contributed by atoms with E-state index in [2.05, 4.69) is 15.3 Å². The lowest BCUT2D eigenvalue weighted by Crippen LogP contribution is -2.11. The zero-order valence-corrected chi connectivity index (χ0v) is 15.6. The van der Waals surface area contributed by atoms with Crippen molar-refractivity contribution in [3.63, 3.8) is 0 Å². The van der Waals surface area contributed by atoms with Crippen molar-refractivity contribution in [3.05, 3.63) is 77.9 Å². The Hall–Kier alpha value is -3.32. The van der Waals surface area contributed by atoms with Gasteiger partial charge in [-0.15, -0.1) is 11.3 Å². The Labute approximate surface area is 164 Å². The maximum atomic E-state index is 13.8. The maximum Gasteiger partial charge on any atom is 0.226 e. The molecule has 1 amide bonds. The first-order chi connectivity index (χ1) is 13.7. The van der Waals surface area contributed by atoms with Gasteiger partial charge in [-0.25, -0.2) is 9.37 Å². The molecule has 5 nitrogen and oxygen atoms in total. The van der Waals surface area contributed by atoms with E-state index in [1.807, 2.05) is 17.5 Å². The van der Waals surface area contributed by atoms with E-state index in [9.17, 15) is 9.18 Å². The molecule has 140 valence electrons. The summed E-state index contributed by atoms with van der Waals surface area (Å²) in [6.45, 7) is 0. The van der Waals surface area contributed by atoms with Gasteiger partial charge in [0.1, 0.15) is 17.3 Å². The highest BCUT2D eigenvalue weighted by Gasteiger charge is 2.12. The van der Waals surface area contributed by atoms with Crippen LogP contribution in [0, 0.1) is 5.82 Å². The van der Waals surface area contributed by atoms with E-state index >= 15 is 0 Å². The Kier molecular flexibility index (Phi) is 5.25. The minimum atomic E-state index is -0.339. The molecule has 0 aliphatic rings. The highest BCUT2D eigenvalue weighted by Crippen LogP contribution is 2.26. The monoisotopic (exact) mass is 393 g/mol. The number of pyridine rings is 1. The number of rotatable bonds is 6. The average Bonchev–Trinajstić information content (AvgIpc) is 3.37. The zero-order valence-electron chi connectivity index (χ0n) is 14.8. The second-order valence-electron chi connectivity index (χ2n) is 6.07. The molecule has 0 atom stereocenters. The fourth-order valence-corrected chi connectivity index (χ4v) is 3.45. The Balaban J connectivity index is 1.34. The number of carbonyl (C=O) groups is 1. The molecular weight excluding hydrogens is 377 g/mol. The first kappa shape index (κ1) is 18.1. The molecule has 0 fully saturated rings. The van der Waals surface area contributed by atoms with Gasteiger partial charge in [0.2, 0.25) is 5.91 Å². The highest BCUT2D eigenvalue weighted by atomic mass is 32.1. The third-order valence-corrected chi connectivity index (χ3v) is 4.86. The van der Waals surface area contributed by atoms with E-state index in [4.69, 9.17) is 4.42 Å². The van der Waals surface area contributed by atoms with Crippen LogP contribution in [0.2, 0.25) is 0 Å². The van der Waals surface area contributed by atoms with Crippen molar-refractivity contribution in [2.45, 2.75) is 12.8 Å². The lowest BCUT2D eigenvalue weighted by atomic mass is 10.1. The van der Waals surface area contributed by atoms with Crippen LogP contribution in [0.15, 0.2) is 70.7 Å². The van der Waals surface area contributed by atoms with Gasteiger partial charge in [-0.05, 0) is 36.4 Å². The fourth-order valence-electron chi connectivity index (χ4n) is 2.71. The van der Waals surface area contributed by atoms with Gasteiger partial charge in [0.15, 0.2) is 5.13 Å². The molecule has 1 aromatic carbocycles. The van der Waals surface area contributed by atoms with Gasteiger partial charge < -0.3 is 9.73 Å². The molecule has 0 aliphatic carbocycles. The van der Waals surface area contributed by atoms with Crippen molar-refractivity contribution in [1.82, 2.24) is 9.97 Å². The Morgan fingerprint density at radius 3 is 2.86 bits per heavy atom. The maximum absolute atomic E-state index is 13.8. The van der Waals surface area contributed by atoms with Crippen molar-refractivity contribution < 1.29 is 13.6 Å². The average molecular weight is 393 g/mol. The molecule has 0 saturated heterocycles. The Morgan fingerprint density at radius 2 is 2.04 bits per heavy atom. The SMILES string of the molecule is O=C(CCc1ccc(-c2ccccc2F)o1)Nc1nc(-c2cccnc2)cs1. The largest absolute Gasteiger partial charge is 0.461 e. The van der Waals surface area contributed by atoms with Gasteiger partial charge >= 0.3 is 0 Å². The Morgan fingerprint density at radius 1 is 1.14 bits per heavy atom. The Bertz CT molecular complexity index is 1090. The predicted molar refractivity (Wildman–Crippen MR) is 106 cm³/mol. The van der Waals surface area contributed by atoms with E-state index in [0.29, 0.717) is 28.6 Å². The zero-order chi connectivity index (χ0) is 19.3. The minimum Gasteiger partial charge on any atom is -0.461 e. The van der Waals surface area contributed by atoms with E-state index < -0.39 is 0 Å². The number of benzene rings is 1. The lowest BCUT2D eigenvalue weighted by molar-refractivity contribution is -0.116. The quantitative estimate of drug-likeness (QED) is 0.490. The van der Waals surface area contributed by atoms with Crippen LogP contribution in [0.25, 0.3) is 22.6 Å². The van der Waals surface area contributed by atoms with Gasteiger partial charge in [0, 0.05) is 36.2 Å². The van der Waals surface area contributed by atoms with Crippen molar-refractivity contribution >= 4 is 22.4 Å². The number of carbonyl (C=O) groups excluding carboxylic acids is 1. The molecule has 3 heterocycles. The number of hydrogen-bond acceptors (Lipinski definition) is 5. The number of furan rings is 1. The second kappa shape index (κ2) is 8.14. The standard InChI is InChI=1S/C21H16FN3O2S/c22-17-6-2-1-5-16(17)19-9-7-15(27-19)8-10-20(26)25-21-24-18(13-28-21)14-4-3-11-23-12-14/h1-7,9,11-13H,8,10H2,(H,24,25,26). The summed E-state index contributed by atoms with van der Waals surface area (Å²) in [6.07, 6.45) is 4.09. The predicted octanol–water partition coefficient (Wildman–Crippen LogP) is 5.18. The van der Waals surface area contributed by atoms with Gasteiger partial charge in [0.25, 0.3) is 0 Å². The number of hydrogen-bond donors (Lipinski definition) is 1. The van der Waals surface area contributed by atoms with Crippen LogP contribution in [-0.4, -0.2) is 15.9 Å². The normalized spacial score (nSPS) is 10.8. The van der Waals surface area contributed by atoms with Crippen molar-refractivity contribution in [1.29, 1.82) is 0 Å². The fraction of sp³-hybridized carbons (Fsp3) is 0.0952. The van der Waals surface area contributed by atoms with Crippen LogP contribution >= 0.6 is 11.3 Å². The molecule has 1 N–H and O–H groups in total. The number of nitrogens with one attached hydrogen (secondary N) is 1. The number of aryl methyl sites for hydroxylation is 1. The smallest absolute Gasteiger partial charge is 0.226 e. The third-order valence-electron chi connectivity index (χ3n) is 4.11. The molecule has 0 bridgehead atoms. The number of thiazole rings is 1. The summed E-state index contributed by atoms with van der Waals surface area (Å²) in [6, 6.07) is 13.7. The first-order valence-corrected chi connectivity index (χ1v) is 9.56. The molecule has 28 heavy (non-hydrogen) atoms. The van der Waals surface area contributed by atoms with Crippen LogP contribution < -0.4 is 5.32 Å². The number of nitrogens with zero attached hydrogens (tertiary/aromatic N) is 2. The molecule has 0 spiro atoms. The second-order valence-corrected chi connectivity index (χ2v) is 6.93. The molecule has 0 aliphatic heterocycles. The van der Waals surface area contributed by atoms with Crippen LogP contribution in [0.5, 0.6) is 0 Å². The van der Waals surface area contributed by atoms with Crippen LogP contribution in [-0.2, 0) is 11.2 Å². The number of amides is 1. The molecule has 0 saturated carbocycles. The summed E-state index contributed by atoms with van der Waals surface area (Å²) < 4.78 is 19.5. The van der Waals surface area contributed by atoms with Crippen LogP contribution in [0.4, 0.5) is 9.52 Å². The van der Waals surface area contributed by atoms with Gasteiger partial charge in [-0.3, -0.25) is 9.78 Å². The molecule has 0 unspecified atom stereocenters. The summed E-state index contributed by atoms with van der Waals surface area (Å²) in [4.78, 5) is 20.7. The highest BCUT2D eigenvalue weighted by molar-refractivity contribution is 7.14. The summed E-state index contributed by atoms with van der Waals surface area (Å²) in [5.74, 6) is 0.586. The van der Waals surface area contributed by atoms with Crippen LogP contribution in [0.1, 0.15) is 12.2 Å². The topological polar surface area (TPSA) is 68.0 Å². The minimum absolute atomic E-state index is 0.157. The first-order valence-electron chi connectivity index (χ1n) is 8.68. The molecule has 0 radical (unpaired) electrons. The van der Waals surface area contributed by atoms with Crippen LogP contribution in [0.3, 0.4) is 0 Å². The third kappa shape index (κ3) is 4.15. The summed E-state index contributed by atoms with van der Waals surface area (Å²) in [7, 11) is 0. The van der Waals surface area contributed by atoms with E-state index in [0.717, 1.165) is 11.3 Å². The molecule has 7 heteroatoms. The van der Waals surface area contributed by atoms with E-state index in [-0.39, 0.29) is 18.1 Å². The number of aromatic nitrogens is 2. The van der Waals surface area contributed by atoms with Crippen molar-refractivity contribution in [2.24, 2.45) is 0 Å². The van der Waals surface area contributed by atoms with Gasteiger partial charge in [-0.2, -0.15) is 0 Å². The van der Waals surface area contributed by atoms with Crippen molar-refractivity contribution in [2.75, 3.05) is 5.32 Å². The summed E-state index contributed by atoms with van der Waals surface area (Å²) in [5.41, 5.74) is 2.08. The lowest BCUT2D eigenvalue weighted by Gasteiger charge is -2.01. The molecule has 4 rings (SSSR count). The number of anilines is 1.